The van der Waals surface area contributed by atoms with Gasteiger partial charge < -0.3 is 9.47 Å². The molecule has 1 fully saturated rings. The lowest BCUT2D eigenvalue weighted by molar-refractivity contribution is -0.149. The van der Waals surface area contributed by atoms with Gasteiger partial charge in [0.25, 0.3) is 0 Å². The van der Waals surface area contributed by atoms with Crippen LogP contribution in [0.5, 0.6) is 11.5 Å². The minimum absolute atomic E-state index is 0.392. The standard InChI is InChI=1S/C23H19ClF3NO3/c1-22(2)17(12-19(24)23(25,26)27)20(22)21(29)31-18(13-28)14-7-6-10-16(11-14)30-15-8-4-3-5-9-15/h3-12,17-18,20H,1-2H3/t17-,18?,20+/m0/s1. The number of carbonyl (C=O) groups is 1. The predicted molar refractivity (Wildman–Crippen MR) is 108 cm³/mol. The molecule has 0 spiro atoms. The Balaban J connectivity index is 1.72. The van der Waals surface area contributed by atoms with Crippen LogP contribution in [0, 0.1) is 28.6 Å². The summed E-state index contributed by atoms with van der Waals surface area (Å²) in [6.07, 6.45) is -5.07. The summed E-state index contributed by atoms with van der Waals surface area (Å²) in [5, 5.41) is 8.23. The lowest BCUT2D eigenvalue weighted by atomic mass is 10.1. The maximum absolute atomic E-state index is 12.7. The van der Waals surface area contributed by atoms with Gasteiger partial charge >= 0.3 is 12.1 Å². The number of nitrogens with zero attached hydrogens (tertiary/aromatic N) is 1. The summed E-state index contributed by atoms with van der Waals surface area (Å²) in [6, 6.07) is 17.4. The Labute approximate surface area is 182 Å². The number of carbonyl (C=O) groups excluding carboxylic acids is 1. The van der Waals surface area contributed by atoms with E-state index in [1.807, 2.05) is 24.3 Å². The number of allylic oxidation sites excluding steroid dienone is 2. The third kappa shape index (κ3) is 5.20. The van der Waals surface area contributed by atoms with E-state index in [-0.39, 0.29) is 0 Å². The predicted octanol–water partition coefficient (Wildman–Crippen LogP) is 6.54. The Hall–Kier alpha value is -2.98. The first kappa shape index (κ1) is 22.7. The van der Waals surface area contributed by atoms with Crippen molar-refractivity contribution in [3.05, 3.63) is 71.3 Å². The van der Waals surface area contributed by atoms with Crippen molar-refractivity contribution in [3.8, 4) is 17.6 Å². The fourth-order valence-corrected chi connectivity index (χ4v) is 3.55. The average Bonchev–Trinajstić information content (AvgIpc) is 3.26. The number of halogens is 4. The third-order valence-corrected chi connectivity index (χ3v) is 5.59. The Morgan fingerprint density at radius 2 is 1.81 bits per heavy atom. The normalized spacial score (nSPS) is 21.0. The summed E-state index contributed by atoms with van der Waals surface area (Å²) in [5.41, 5.74) is -0.371. The van der Waals surface area contributed by atoms with E-state index in [9.17, 15) is 23.2 Å². The van der Waals surface area contributed by atoms with Gasteiger partial charge in [-0.25, -0.2) is 0 Å². The molecule has 1 aliphatic rings. The first-order chi connectivity index (χ1) is 14.5. The summed E-state index contributed by atoms with van der Waals surface area (Å²) < 4.78 is 49.2. The number of rotatable bonds is 6. The summed E-state index contributed by atoms with van der Waals surface area (Å²) in [6.45, 7) is 3.30. The van der Waals surface area contributed by atoms with Crippen molar-refractivity contribution in [1.29, 1.82) is 5.26 Å². The first-order valence-electron chi connectivity index (χ1n) is 9.41. The van der Waals surface area contributed by atoms with Gasteiger partial charge in [0.15, 0.2) is 0 Å². The molecule has 1 saturated carbocycles. The zero-order chi connectivity index (χ0) is 22.8. The van der Waals surface area contributed by atoms with E-state index >= 15 is 0 Å². The largest absolute Gasteiger partial charge is 0.457 e. The molecule has 0 heterocycles. The van der Waals surface area contributed by atoms with Crippen molar-refractivity contribution >= 4 is 17.6 Å². The van der Waals surface area contributed by atoms with E-state index in [0.717, 1.165) is 6.08 Å². The van der Waals surface area contributed by atoms with Crippen LogP contribution in [0.1, 0.15) is 25.5 Å². The molecule has 0 bridgehead atoms. The summed E-state index contributed by atoms with van der Waals surface area (Å²) in [7, 11) is 0. The van der Waals surface area contributed by atoms with E-state index in [2.05, 4.69) is 0 Å². The van der Waals surface area contributed by atoms with E-state index in [0.29, 0.717) is 17.1 Å². The van der Waals surface area contributed by atoms with Crippen molar-refractivity contribution in [2.75, 3.05) is 0 Å². The van der Waals surface area contributed by atoms with Gasteiger partial charge in [0.05, 0.1) is 5.92 Å². The highest BCUT2D eigenvalue weighted by molar-refractivity contribution is 6.30. The number of hydrogen-bond donors (Lipinski definition) is 0. The highest BCUT2D eigenvalue weighted by Crippen LogP contribution is 2.60. The number of esters is 1. The number of nitriles is 1. The molecule has 2 aromatic carbocycles. The average molecular weight is 450 g/mol. The van der Waals surface area contributed by atoms with Crippen LogP contribution in [0.2, 0.25) is 0 Å². The molecule has 0 radical (unpaired) electrons. The monoisotopic (exact) mass is 449 g/mol. The van der Waals surface area contributed by atoms with Gasteiger partial charge in [0, 0.05) is 5.56 Å². The van der Waals surface area contributed by atoms with Crippen molar-refractivity contribution in [3.63, 3.8) is 0 Å². The zero-order valence-corrected chi connectivity index (χ0v) is 17.4. The van der Waals surface area contributed by atoms with Crippen molar-refractivity contribution < 1.29 is 27.4 Å². The lowest BCUT2D eigenvalue weighted by Crippen LogP contribution is -2.14. The molecule has 162 valence electrons. The molecule has 0 saturated heterocycles. The van der Waals surface area contributed by atoms with Crippen LogP contribution in [0.15, 0.2) is 65.7 Å². The second kappa shape index (κ2) is 8.64. The van der Waals surface area contributed by atoms with Gasteiger partial charge in [-0.05, 0) is 35.6 Å². The van der Waals surface area contributed by atoms with Gasteiger partial charge in [0.1, 0.15) is 22.6 Å². The Kier molecular flexibility index (Phi) is 6.33. The highest BCUT2D eigenvalue weighted by atomic mass is 35.5. The molecule has 4 nitrogen and oxygen atoms in total. The Morgan fingerprint density at radius 1 is 1.16 bits per heavy atom. The Morgan fingerprint density at radius 3 is 2.42 bits per heavy atom. The van der Waals surface area contributed by atoms with Crippen LogP contribution < -0.4 is 4.74 Å². The van der Waals surface area contributed by atoms with Crippen LogP contribution in [-0.2, 0) is 9.53 Å². The van der Waals surface area contributed by atoms with Gasteiger partial charge in [-0.1, -0.05) is 61.9 Å². The number of alkyl halides is 3. The molecule has 3 rings (SSSR count). The highest BCUT2D eigenvalue weighted by Gasteiger charge is 2.62. The van der Waals surface area contributed by atoms with E-state index in [4.69, 9.17) is 21.1 Å². The molecule has 0 amide bonds. The number of hydrogen-bond acceptors (Lipinski definition) is 4. The molecule has 0 aliphatic heterocycles. The van der Waals surface area contributed by atoms with Crippen molar-refractivity contribution in [2.24, 2.45) is 17.3 Å². The maximum Gasteiger partial charge on any atom is 0.426 e. The molecule has 1 unspecified atom stereocenters. The van der Waals surface area contributed by atoms with Crippen LogP contribution >= 0.6 is 11.6 Å². The Bertz CT molecular complexity index is 1030. The van der Waals surface area contributed by atoms with Gasteiger partial charge in [-0.3, -0.25) is 4.79 Å². The molecule has 3 atom stereocenters. The fraction of sp³-hybridized carbons (Fsp3) is 0.304. The van der Waals surface area contributed by atoms with Gasteiger partial charge in [-0.2, -0.15) is 18.4 Å². The number of ether oxygens (including phenoxy) is 2. The van der Waals surface area contributed by atoms with Crippen LogP contribution in [0.4, 0.5) is 13.2 Å². The quantitative estimate of drug-likeness (QED) is 0.469. The SMILES string of the molecule is CC1(C)[C@@H](C=C(Cl)C(F)(F)F)[C@@H]1C(=O)OC(C#N)c1cccc(Oc2ccccc2)c1. The number of benzene rings is 2. The summed E-state index contributed by atoms with van der Waals surface area (Å²) >= 11 is 5.32. The van der Waals surface area contributed by atoms with Gasteiger partial charge in [-0.15, -0.1) is 0 Å². The van der Waals surface area contributed by atoms with Crippen LogP contribution in [0.25, 0.3) is 0 Å². The maximum atomic E-state index is 12.7. The van der Waals surface area contributed by atoms with E-state index < -0.39 is 40.5 Å². The second-order valence-corrected chi connectivity index (χ2v) is 8.18. The minimum Gasteiger partial charge on any atom is -0.457 e. The molecule has 31 heavy (non-hydrogen) atoms. The topological polar surface area (TPSA) is 59.3 Å². The molecule has 0 N–H and O–H groups in total. The first-order valence-corrected chi connectivity index (χ1v) is 9.79. The van der Waals surface area contributed by atoms with Crippen molar-refractivity contribution in [1.82, 2.24) is 0 Å². The van der Waals surface area contributed by atoms with E-state index in [1.165, 1.54) is 0 Å². The van der Waals surface area contributed by atoms with Crippen molar-refractivity contribution in [2.45, 2.75) is 26.1 Å². The molecular weight excluding hydrogens is 431 g/mol. The number of para-hydroxylation sites is 1. The minimum atomic E-state index is -4.68. The molecule has 0 aromatic heterocycles. The zero-order valence-electron chi connectivity index (χ0n) is 16.7. The van der Waals surface area contributed by atoms with Crippen LogP contribution in [0.3, 0.4) is 0 Å². The molecule has 8 heteroatoms. The fourth-order valence-electron chi connectivity index (χ4n) is 3.42. The van der Waals surface area contributed by atoms with Crippen LogP contribution in [-0.4, -0.2) is 12.1 Å². The third-order valence-electron chi connectivity index (χ3n) is 5.25. The summed E-state index contributed by atoms with van der Waals surface area (Å²) in [4.78, 5) is 12.6. The lowest BCUT2D eigenvalue weighted by Gasteiger charge is -2.13. The molecule has 1 aliphatic carbocycles. The second-order valence-electron chi connectivity index (χ2n) is 7.77. The van der Waals surface area contributed by atoms with E-state index in [1.54, 1.807) is 50.2 Å². The summed E-state index contributed by atoms with van der Waals surface area (Å²) in [5.74, 6) is -1.27. The molecule has 2 aromatic rings. The smallest absolute Gasteiger partial charge is 0.426 e. The molecular formula is C23H19ClF3NO3. The van der Waals surface area contributed by atoms with Gasteiger partial charge in [0.2, 0.25) is 6.10 Å².